The highest BCUT2D eigenvalue weighted by Gasteiger charge is 2.06. The van der Waals surface area contributed by atoms with Crippen molar-refractivity contribution in [2.24, 2.45) is 0 Å². The van der Waals surface area contributed by atoms with Gasteiger partial charge in [0.25, 0.3) is 5.56 Å². The minimum atomic E-state index is -0.242. The first kappa shape index (κ1) is 12.0. The highest BCUT2D eigenvalue weighted by Crippen LogP contribution is 2.22. The van der Waals surface area contributed by atoms with Crippen LogP contribution in [0.4, 0.5) is 0 Å². The molecule has 0 radical (unpaired) electrons. The van der Waals surface area contributed by atoms with Crippen LogP contribution in [0.3, 0.4) is 0 Å². The van der Waals surface area contributed by atoms with Crippen LogP contribution in [0.5, 0.6) is 0 Å². The third-order valence-electron chi connectivity index (χ3n) is 3.30. The fraction of sp³-hybridized carbons (Fsp3) is 0. The summed E-state index contributed by atoms with van der Waals surface area (Å²) in [6.45, 7) is 0. The van der Waals surface area contributed by atoms with E-state index in [1.165, 1.54) is 12.4 Å². The Morgan fingerprint density at radius 2 is 1.95 bits per heavy atom. The molecule has 102 valence electrons. The summed E-state index contributed by atoms with van der Waals surface area (Å²) in [5.74, 6) is 0. The molecule has 3 aromatic heterocycles. The van der Waals surface area contributed by atoms with E-state index in [2.05, 4.69) is 26.0 Å². The van der Waals surface area contributed by atoms with Gasteiger partial charge in [-0.25, -0.2) is 4.98 Å². The minimum Gasteiger partial charge on any atom is -0.307 e. The fourth-order valence-electron chi connectivity index (χ4n) is 2.26. The lowest BCUT2D eigenvalue weighted by Gasteiger charge is -2.05. The van der Waals surface area contributed by atoms with Gasteiger partial charge in [0.2, 0.25) is 0 Å². The van der Waals surface area contributed by atoms with Gasteiger partial charge in [-0.05, 0) is 29.6 Å². The average molecular weight is 294 g/mol. The van der Waals surface area contributed by atoms with Crippen LogP contribution in [0.15, 0.2) is 64.7 Å². The molecule has 5 nitrogen and oxygen atoms in total. The molecule has 0 bridgehead atoms. The molecule has 0 saturated carbocycles. The highest BCUT2D eigenvalue weighted by atomic mass is 32.1. The monoisotopic (exact) mass is 294 g/mol. The quantitative estimate of drug-likeness (QED) is 0.571. The van der Waals surface area contributed by atoms with Crippen LogP contribution < -0.4 is 5.56 Å². The number of thiophene rings is 1. The first-order chi connectivity index (χ1) is 10.3. The average Bonchev–Trinajstić information content (AvgIpc) is 3.16. The second kappa shape index (κ2) is 4.68. The molecule has 0 N–H and O–H groups in total. The SMILES string of the molecule is O=c1ccn(-c2ccc3c(c2)ncn3-c2ccsc2)cn1. The van der Waals surface area contributed by atoms with E-state index in [4.69, 9.17) is 0 Å². The van der Waals surface area contributed by atoms with Gasteiger partial charge in [0.1, 0.15) is 12.7 Å². The Labute approximate surface area is 123 Å². The van der Waals surface area contributed by atoms with E-state index >= 15 is 0 Å². The van der Waals surface area contributed by atoms with Gasteiger partial charge in [0.05, 0.1) is 16.7 Å². The summed E-state index contributed by atoms with van der Waals surface area (Å²) in [5, 5.41) is 4.13. The molecule has 0 atom stereocenters. The lowest BCUT2D eigenvalue weighted by Crippen LogP contribution is -2.07. The zero-order valence-corrected chi connectivity index (χ0v) is 11.7. The molecule has 0 unspecified atom stereocenters. The molecule has 0 aliphatic rings. The fourth-order valence-corrected chi connectivity index (χ4v) is 2.89. The van der Waals surface area contributed by atoms with Crippen LogP contribution in [0.25, 0.3) is 22.4 Å². The Morgan fingerprint density at radius 3 is 2.71 bits per heavy atom. The van der Waals surface area contributed by atoms with Gasteiger partial charge in [-0.3, -0.25) is 9.36 Å². The van der Waals surface area contributed by atoms with E-state index in [1.54, 1.807) is 22.1 Å². The van der Waals surface area contributed by atoms with Crippen molar-refractivity contribution in [3.63, 3.8) is 0 Å². The Hall–Kier alpha value is -2.73. The van der Waals surface area contributed by atoms with E-state index < -0.39 is 0 Å². The molecular weight excluding hydrogens is 284 g/mol. The molecule has 1 aromatic carbocycles. The van der Waals surface area contributed by atoms with Gasteiger partial charge in [0, 0.05) is 23.3 Å². The zero-order valence-electron chi connectivity index (χ0n) is 10.9. The second-order valence-corrected chi connectivity index (χ2v) is 5.35. The predicted molar refractivity (Wildman–Crippen MR) is 82.3 cm³/mol. The molecule has 6 heteroatoms. The first-order valence-corrected chi connectivity index (χ1v) is 7.30. The topological polar surface area (TPSA) is 52.7 Å². The van der Waals surface area contributed by atoms with E-state index in [0.29, 0.717) is 0 Å². The van der Waals surface area contributed by atoms with E-state index in [0.717, 1.165) is 22.4 Å². The van der Waals surface area contributed by atoms with E-state index in [9.17, 15) is 4.79 Å². The van der Waals surface area contributed by atoms with Crippen LogP contribution >= 0.6 is 11.3 Å². The summed E-state index contributed by atoms with van der Waals surface area (Å²) in [6.07, 6.45) is 5.03. The van der Waals surface area contributed by atoms with Gasteiger partial charge >= 0.3 is 0 Å². The normalized spacial score (nSPS) is 11.0. The van der Waals surface area contributed by atoms with E-state index in [1.807, 2.05) is 29.9 Å². The maximum atomic E-state index is 11.1. The summed E-state index contributed by atoms with van der Waals surface area (Å²) >= 11 is 1.66. The van der Waals surface area contributed by atoms with Crippen LogP contribution in [0.1, 0.15) is 0 Å². The predicted octanol–water partition coefficient (Wildman–Crippen LogP) is 2.63. The number of hydrogen-bond donors (Lipinski definition) is 0. The molecule has 4 rings (SSSR count). The van der Waals surface area contributed by atoms with Crippen LogP contribution in [-0.2, 0) is 0 Å². The maximum absolute atomic E-state index is 11.1. The number of nitrogens with zero attached hydrogens (tertiary/aromatic N) is 4. The molecule has 21 heavy (non-hydrogen) atoms. The number of hydrogen-bond acceptors (Lipinski definition) is 4. The van der Waals surface area contributed by atoms with Crippen LogP contribution in [-0.4, -0.2) is 19.1 Å². The second-order valence-electron chi connectivity index (χ2n) is 4.57. The van der Waals surface area contributed by atoms with Crippen LogP contribution in [0, 0.1) is 0 Å². The van der Waals surface area contributed by atoms with E-state index in [-0.39, 0.29) is 5.56 Å². The van der Waals surface area contributed by atoms with Crippen molar-refractivity contribution >= 4 is 22.4 Å². The van der Waals surface area contributed by atoms with Gasteiger partial charge in [-0.15, -0.1) is 0 Å². The lowest BCUT2D eigenvalue weighted by atomic mass is 10.2. The standard InChI is InChI=1S/C15H10N4OS/c20-15-3-5-18(9-17-15)11-1-2-14-13(7-11)16-10-19(14)12-4-6-21-8-12/h1-10H. The summed E-state index contributed by atoms with van der Waals surface area (Å²) in [4.78, 5) is 19.3. The largest absolute Gasteiger partial charge is 0.307 e. The third kappa shape index (κ3) is 2.05. The number of benzene rings is 1. The molecule has 0 aliphatic heterocycles. The van der Waals surface area contributed by atoms with Gasteiger partial charge < -0.3 is 4.57 Å². The van der Waals surface area contributed by atoms with Gasteiger partial charge in [-0.2, -0.15) is 16.3 Å². The maximum Gasteiger partial charge on any atom is 0.272 e. The van der Waals surface area contributed by atoms with Crippen molar-refractivity contribution in [3.8, 4) is 11.4 Å². The molecule has 0 saturated heterocycles. The summed E-state index contributed by atoms with van der Waals surface area (Å²) < 4.78 is 3.85. The van der Waals surface area contributed by atoms with Crippen molar-refractivity contribution in [1.82, 2.24) is 19.1 Å². The molecule has 0 amide bonds. The van der Waals surface area contributed by atoms with Crippen molar-refractivity contribution < 1.29 is 0 Å². The van der Waals surface area contributed by atoms with Gasteiger partial charge in [0.15, 0.2) is 0 Å². The summed E-state index contributed by atoms with van der Waals surface area (Å²) in [5.41, 5.74) is 3.74. The summed E-state index contributed by atoms with van der Waals surface area (Å²) in [6, 6.07) is 9.48. The Balaban J connectivity index is 1.85. The first-order valence-electron chi connectivity index (χ1n) is 6.36. The minimum absolute atomic E-state index is 0.242. The smallest absolute Gasteiger partial charge is 0.272 e. The van der Waals surface area contributed by atoms with Crippen molar-refractivity contribution in [2.75, 3.05) is 0 Å². The molecule has 0 fully saturated rings. The molecule has 0 aliphatic carbocycles. The molecule has 4 aromatic rings. The van der Waals surface area contributed by atoms with Crippen LogP contribution in [0.2, 0.25) is 0 Å². The zero-order chi connectivity index (χ0) is 14.2. The molecule has 3 heterocycles. The summed E-state index contributed by atoms with van der Waals surface area (Å²) in [7, 11) is 0. The number of aromatic nitrogens is 4. The Kier molecular flexibility index (Phi) is 2.68. The van der Waals surface area contributed by atoms with Crippen molar-refractivity contribution in [1.29, 1.82) is 0 Å². The van der Waals surface area contributed by atoms with Gasteiger partial charge in [-0.1, -0.05) is 0 Å². The number of imidazole rings is 1. The lowest BCUT2D eigenvalue weighted by molar-refractivity contribution is 0.963. The third-order valence-corrected chi connectivity index (χ3v) is 3.97. The number of fused-ring (bicyclic) bond motifs is 1. The molecule has 0 spiro atoms. The number of rotatable bonds is 2. The van der Waals surface area contributed by atoms with Crippen molar-refractivity contribution in [3.05, 3.63) is 70.3 Å². The Bertz CT molecular complexity index is 948. The van der Waals surface area contributed by atoms with Crippen molar-refractivity contribution in [2.45, 2.75) is 0 Å². The Morgan fingerprint density at radius 1 is 1.00 bits per heavy atom. The highest BCUT2D eigenvalue weighted by molar-refractivity contribution is 7.08. The molecular formula is C15H10N4OS.